The molecule has 1 N–H and O–H groups in total. The van der Waals surface area contributed by atoms with Crippen LogP contribution in [0.1, 0.15) is 19.8 Å². The van der Waals surface area contributed by atoms with Crippen molar-refractivity contribution in [3.05, 3.63) is 54.6 Å². The van der Waals surface area contributed by atoms with Gasteiger partial charge in [-0.15, -0.1) is 0 Å². The van der Waals surface area contributed by atoms with Crippen LogP contribution in [0, 0.1) is 5.41 Å². The van der Waals surface area contributed by atoms with Gasteiger partial charge in [0.15, 0.2) is 9.84 Å². The maximum absolute atomic E-state index is 13.0. The van der Waals surface area contributed by atoms with Crippen LogP contribution >= 0.6 is 0 Å². The molecule has 2 aromatic rings. The SMILES string of the molecule is CCOC(=O)C1(CS(=O)(=O)c2ccc(Oc3ccccc3)cc2)CCNCC1. The summed E-state index contributed by atoms with van der Waals surface area (Å²) in [6.07, 6.45) is 0.889. The number of hydrogen-bond donors (Lipinski definition) is 1. The number of hydrogen-bond acceptors (Lipinski definition) is 6. The van der Waals surface area contributed by atoms with Gasteiger partial charge in [-0.05, 0) is 69.3 Å². The van der Waals surface area contributed by atoms with Crippen molar-refractivity contribution < 1.29 is 22.7 Å². The number of para-hydroxylation sites is 1. The van der Waals surface area contributed by atoms with E-state index in [1.165, 1.54) is 12.1 Å². The van der Waals surface area contributed by atoms with Crippen LogP contribution in [-0.2, 0) is 19.4 Å². The first-order valence-corrected chi connectivity index (χ1v) is 11.0. The maximum Gasteiger partial charge on any atom is 0.313 e. The van der Waals surface area contributed by atoms with Crippen LogP contribution in [0.3, 0.4) is 0 Å². The number of esters is 1. The van der Waals surface area contributed by atoms with Crippen LogP contribution in [0.25, 0.3) is 0 Å². The van der Waals surface area contributed by atoms with Crippen LogP contribution < -0.4 is 10.1 Å². The number of benzene rings is 2. The molecular weight excluding hydrogens is 378 g/mol. The molecule has 1 aliphatic rings. The molecule has 0 spiro atoms. The molecule has 6 nitrogen and oxygen atoms in total. The monoisotopic (exact) mass is 403 g/mol. The molecule has 28 heavy (non-hydrogen) atoms. The minimum atomic E-state index is -3.66. The Bertz CT molecular complexity index is 888. The Morgan fingerprint density at radius 1 is 1.00 bits per heavy atom. The standard InChI is InChI=1S/C21H25NO5S/c1-2-26-20(23)21(12-14-22-15-13-21)16-28(24,25)19-10-8-18(9-11-19)27-17-6-4-3-5-7-17/h3-11,22H,2,12-16H2,1H3. The number of ether oxygens (including phenoxy) is 2. The summed E-state index contributed by atoms with van der Waals surface area (Å²) in [4.78, 5) is 12.7. The zero-order valence-electron chi connectivity index (χ0n) is 15.9. The molecular formula is C21H25NO5S. The normalized spacial score (nSPS) is 16.3. The third kappa shape index (κ3) is 4.72. The van der Waals surface area contributed by atoms with E-state index in [2.05, 4.69) is 5.32 Å². The van der Waals surface area contributed by atoms with E-state index in [1.807, 2.05) is 30.3 Å². The molecule has 0 saturated carbocycles. The van der Waals surface area contributed by atoms with E-state index in [9.17, 15) is 13.2 Å². The van der Waals surface area contributed by atoms with Gasteiger partial charge in [0.2, 0.25) is 0 Å². The van der Waals surface area contributed by atoms with Gasteiger partial charge in [0.05, 0.1) is 22.7 Å². The lowest BCUT2D eigenvalue weighted by atomic mass is 9.81. The second kappa shape index (κ2) is 8.75. The molecule has 3 rings (SSSR count). The summed E-state index contributed by atoms with van der Waals surface area (Å²) < 4.78 is 36.9. The van der Waals surface area contributed by atoms with E-state index >= 15 is 0 Å². The van der Waals surface area contributed by atoms with Gasteiger partial charge < -0.3 is 14.8 Å². The largest absolute Gasteiger partial charge is 0.466 e. The highest BCUT2D eigenvalue weighted by molar-refractivity contribution is 7.91. The first-order valence-electron chi connectivity index (χ1n) is 9.39. The van der Waals surface area contributed by atoms with Crippen molar-refractivity contribution in [1.82, 2.24) is 5.32 Å². The van der Waals surface area contributed by atoms with E-state index in [-0.39, 0.29) is 17.3 Å². The van der Waals surface area contributed by atoms with Gasteiger partial charge in [-0.2, -0.15) is 0 Å². The summed E-state index contributed by atoms with van der Waals surface area (Å²) in [6, 6.07) is 15.6. The molecule has 150 valence electrons. The van der Waals surface area contributed by atoms with Gasteiger partial charge >= 0.3 is 5.97 Å². The first kappa shape index (κ1) is 20.4. The van der Waals surface area contributed by atoms with Gasteiger partial charge in [-0.3, -0.25) is 4.79 Å². The first-order chi connectivity index (χ1) is 13.5. The third-order valence-corrected chi connectivity index (χ3v) is 6.82. The lowest BCUT2D eigenvalue weighted by molar-refractivity contribution is -0.155. The summed E-state index contributed by atoms with van der Waals surface area (Å²) in [5, 5.41) is 3.17. The lowest BCUT2D eigenvalue weighted by Crippen LogP contribution is -2.47. The smallest absolute Gasteiger partial charge is 0.313 e. The van der Waals surface area contributed by atoms with Gasteiger partial charge in [0.25, 0.3) is 0 Å². The average molecular weight is 404 g/mol. The second-order valence-electron chi connectivity index (χ2n) is 6.90. The highest BCUT2D eigenvalue weighted by Gasteiger charge is 2.45. The molecule has 0 aliphatic carbocycles. The predicted molar refractivity (Wildman–Crippen MR) is 106 cm³/mol. The van der Waals surface area contributed by atoms with E-state index in [1.54, 1.807) is 19.1 Å². The summed E-state index contributed by atoms with van der Waals surface area (Å²) in [7, 11) is -3.66. The minimum Gasteiger partial charge on any atom is -0.466 e. The number of piperidine rings is 1. The molecule has 0 amide bonds. The molecule has 1 heterocycles. The minimum absolute atomic E-state index is 0.176. The predicted octanol–water partition coefficient (Wildman–Crippen LogP) is 3.19. The molecule has 0 radical (unpaired) electrons. The molecule has 1 aliphatic heterocycles. The van der Waals surface area contributed by atoms with Crippen molar-refractivity contribution in [2.45, 2.75) is 24.7 Å². The second-order valence-corrected chi connectivity index (χ2v) is 8.89. The Kier molecular flexibility index (Phi) is 6.36. The highest BCUT2D eigenvalue weighted by atomic mass is 32.2. The third-order valence-electron chi connectivity index (χ3n) is 4.90. The Morgan fingerprint density at radius 3 is 2.21 bits per heavy atom. The molecule has 0 bridgehead atoms. The van der Waals surface area contributed by atoms with Crippen LogP contribution in [-0.4, -0.2) is 39.8 Å². The van der Waals surface area contributed by atoms with Gasteiger partial charge in [0, 0.05) is 0 Å². The fourth-order valence-electron chi connectivity index (χ4n) is 3.38. The highest BCUT2D eigenvalue weighted by Crippen LogP contribution is 2.34. The Hall–Kier alpha value is -2.38. The van der Waals surface area contributed by atoms with Gasteiger partial charge in [0.1, 0.15) is 11.5 Å². The molecule has 2 aromatic carbocycles. The quantitative estimate of drug-likeness (QED) is 0.715. The molecule has 0 aromatic heterocycles. The molecule has 1 fully saturated rings. The zero-order chi connectivity index (χ0) is 20.0. The van der Waals surface area contributed by atoms with E-state index in [0.29, 0.717) is 37.4 Å². The number of carbonyl (C=O) groups is 1. The summed E-state index contributed by atoms with van der Waals surface area (Å²) in [6.45, 7) is 3.16. The zero-order valence-corrected chi connectivity index (χ0v) is 16.7. The molecule has 7 heteroatoms. The Balaban J connectivity index is 1.78. The van der Waals surface area contributed by atoms with Gasteiger partial charge in [-0.1, -0.05) is 18.2 Å². The maximum atomic E-state index is 13.0. The van der Waals surface area contributed by atoms with Crippen molar-refractivity contribution in [2.24, 2.45) is 5.41 Å². The van der Waals surface area contributed by atoms with Crippen molar-refractivity contribution in [3.63, 3.8) is 0 Å². The van der Waals surface area contributed by atoms with E-state index in [4.69, 9.17) is 9.47 Å². The van der Waals surface area contributed by atoms with Crippen LogP contribution in [0.2, 0.25) is 0 Å². The number of rotatable bonds is 7. The Morgan fingerprint density at radius 2 is 1.61 bits per heavy atom. The molecule has 0 unspecified atom stereocenters. The van der Waals surface area contributed by atoms with Crippen molar-refractivity contribution in [2.75, 3.05) is 25.4 Å². The van der Waals surface area contributed by atoms with Crippen LogP contribution in [0.15, 0.2) is 59.5 Å². The summed E-state index contributed by atoms with van der Waals surface area (Å²) in [5.74, 6) is 0.546. The number of sulfone groups is 1. The lowest BCUT2D eigenvalue weighted by Gasteiger charge is -2.34. The average Bonchev–Trinajstić information content (AvgIpc) is 2.70. The Labute approximate surface area is 165 Å². The molecule has 0 atom stereocenters. The van der Waals surface area contributed by atoms with E-state index in [0.717, 1.165) is 0 Å². The topological polar surface area (TPSA) is 81.7 Å². The summed E-state index contributed by atoms with van der Waals surface area (Å²) in [5.41, 5.74) is -1.00. The fraction of sp³-hybridized carbons (Fsp3) is 0.381. The van der Waals surface area contributed by atoms with Crippen molar-refractivity contribution >= 4 is 15.8 Å². The van der Waals surface area contributed by atoms with Gasteiger partial charge in [-0.25, -0.2) is 8.42 Å². The summed E-state index contributed by atoms with van der Waals surface area (Å²) >= 11 is 0. The molecule has 1 saturated heterocycles. The number of nitrogens with one attached hydrogen (secondary N) is 1. The van der Waals surface area contributed by atoms with E-state index < -0.39 is 21.2 Å². The fourth-order valence-corrected chi connectivity index (χ4v) is 5.24. The van der Waals surface area contributed by atoms with Crippen molar-refractivity contribution in [3.8, 4) is 11.5 Å². The van der Waals surface area contributed by atoms with Crippen LogP contribution in [0.4, 0.5) is 0 Å². The van der Waals surface area contributed by atoms with Crippen molar-refractivity contribution in [1.29, 1.82) is 0 Å². The van der Waals surface area contributed by atoms with Crippen LogP contribution in [0.5, 0.6) is 11.5 Å². The number of carbonyl (C=O) groups excluding carboxylic acids is 1.